The van der Waals surface area contributed by atoms with E-state index in [0.717, 1.165) is 94.2 Å². The molecular formula is C86H65B2N4OSe. The quantitative estimate of drug-likeness (QED) is 0.149. The van der Waals surface area contributed by atoms with Crippen molar-refractivity contribution < 1.29 is 4.42 Å². The summed E-state index contributed by atoms with van der Waals surface area (Å²) >= 11 is 3.81. The van der Waals surface area contributed by atoms with Crippen molar-refractivity contribution in [1.82, 2.24) is 4.57 Å². The first-order valence-corrected chi connectivity index (χ1v) is 33.7. The van der Waals surface area contributed by atoms with Crippen LogP contribution in [0.1, 0.15) is 52.7 Å². The van der Waals surface area contributed by atoms with Gasteiger partial charge in [-0.25, -0.2) is 0 Å². The summed E-state index contributed by atoms with van der Waals surface area (Å²) in [4.78, 5) is 7.75. The van der Waals surface area contributed by atoms with Gasteiger partial charge >= 0.3 is 525 Å². The Hall–Kier alpha value is -10.5. The molecule has 15 aromatic rings. The number of hydrogen-bond acceptors (Lipinski definition) is 4. The predicted molar refractivity (Wildman–Crippen MR) is 402 cm³/mol. The van der Waals surface area contributed by atoms with Gasteiger partial charge in [-0.1, -0.05) is 36.4 Å². The first-order valence-electron chi connectivity index (χ1n) is 32.8. The van der Waals surface area contributed by atoms with Crippen molar-refractivity contribution in [2.24, 2.45) is 0 Å². The first-order chi connectivity index (χ1) is 45.9. The Bertz CT molecular complexity index is 5480. The second-order valence-electron chi connectivity index (χ2n) is 27.7. The molecule has 5 heterocycles. The van der Waals surface area contributed by atoms with Crippen LogP contribution in [0.15, 0.2) is 290 Å². The van der Waals surface area contributed by atoms with Gasteiger partial charge < -0.3 is 0 Å². The second kappa shape index (κ2) is 21.3. The zero-order valence-corrected chi connectivity index (χ0v) is 55.1. The van der Waals surface area contributed by atoms with Crippen LogP contribution in [-0.4, -0.2) is 34.0 Å². The molecule has 0 aliphatic carbocycles. The number of hydrogen-bond donors (Lipinski definition) is 0. The fraction of sp³-hybridized carbons (Fsp3) is 0.0930. The third-order valence-electron chi connectivity index (χ3n) is 20.2. The SMILES string of the molecule is CC(C)(C)c1ccc2c(c1)N(c1cccc3c1oc1ccccc13)c1ccccc1B2c1cc2c(cc1[Se])N(c1c(-c3ccccc3)cccc1-c1ccccc1)c1cc(C(C)(C)C)cc3c1B2c1ccc(-n2c4ccccc4c4ccccc42)cc1N3c1ccccc1. The van der Waals surface area contributed by atoms with Crippen molar-refractivity contribution >= 4 is 162 Å². The molecule has 2 aromatic heterocycles. The fourth-order valence-electron chi connectivity index (χ4n) is 15.8. The Labute approximate surface area is 558 Å². The first kappa shape index (κ1) is 56.3. The molecule has 0 bridgehead atoms. The van der Waals surface area contributed by atoms with E-state index in [1.165, 1.54) is 77.1 Å². The Kier molecular flexibility index (Phi) is 12.7. The molecule has 0 saturated heterocycles. The van der Waals surface area contributed by atoms with Crippen LogP contribution in [-0.2, 0) is 10.8 Å². The molecule has 13 aromatic carbocycles. The summed E-state index contributed by atoms with van der Waals surface area (Å²) in [6, 6.07) is 107. The van der Waals surface area contributed by atoms with E-state index >= 15 is 0 Å². The third kappa shape index (κ3) is 8.62. The maximum absolute atomic E-state index is 6.95. The van der Waals surface area contributed by atoms with Gasteiger partial charge in [-0.05, 0) is 0 Å². The normalized spacial score (nSPS) is 13.4. The van der Waals surface area contributed by atoms with Crippen LogP contribution >= 0.6 is 0 Å². The molecule has 0 unspecified atom stereocenters. The van der Waals surface area contributed by atoms with E-state index in [4.69, 9.17) is 4.42 Å². The number of aromatic nitrogens is 1. The Balaban J connectivity index is 0.957. The summed E-state index contributed by atoms with van der Waals surface area (Å²) in [6.07, 6.45) is 0. The number of anilines is 9. The van der Waals surface area contributed by atoms with Crippen LogP contribution in [0.25, 0.3) is 71.7 Å². The van der Waals surface area contributed by atoms with Gasteiger partial charge in [0, 0.05) is 0 Å². The van der Waals surface area contributed by atoms with Gasteiger partial charge in [0.25, 0.3) is 0 Å². The minimum atomic E-state index is -0.242. The van der Waals surface area contributed by atoms with Crippen molar-refractivity contribution in [2.45, 2.75) is 52.4 Å². The summed E-state index contributed by atoms with van der Waals surface area (Å²) in [6.45, 7) is 13.7. The fourth-order valence-corrected chi connectivity index (χ4v) is 16.4. The molecule has 18 rings (SSSR count). The van der Waals surface area contributed by atoms with Crippen molar-refractivity contribution in [3.63, 3.8) is 0 Å². The van der Waals surface area contributed by atoms with Crippen LogP contribution in [0.4, 0.5) is 51.2 Å². The molecule has 0 amide bonds. The van der Waals surface area contributed by atoms with Crippen LogP contribution in [0.2, 0.25) is 0 Å². The summed E-state index contributed by atoms with van der Waals surface area (Å²) in [5.74, 6) is 0. The molecule has 94 heavy (non-hydrogen) atoms. The zero-order chi connectivity index (χ0) is 63.3. The monoisotopic (exact) mass is 1270 g/mol. The summed E-state index contributed by atoms with van der Waals surface area (Å²) in [7, 11) is 0. The Morgan fingerprint density at radius 2 is 0.840 bits per heavy atom. The van der Waals surface area contributed by atoms with E-state index in [-0.39, 0.29) is 24.3 Å². The number of benzene rings is 13. The Morgan fingerprint density at radius 1 is 0.330 bits per heavy atom. The van der Waals surface area contributed by atoms with Crippen molar-refractivity contribution in [1.29, 1.82) is 0 Å². The molecule has 5 nitrogen and oxygen atoms in total. The van der Waals surface area contributed by atoms with Crippen LogP contribution in [0.5, 0.6) is 0 Å². The van der Waals surface area contributed by atoms with Crippen molar-refractivity contribution in [3.05, 3.63) is 296 Å². The molecule has 0 fully saturated rings. The second-order valence-corrected chi connectivity index (χ2v) is 28.6. The Morgan fingerprint density at radius 3 is 1.52 bits per heavy atom. The van der Waals surface area contributed by atoms with E-state index in [9.17, 15) is 0 Å². The molecule has 0 saturated carbocycles. The summed E-state index contributed by atoms with van der Waals surface area (Å²) < 4.78 is 10.5. The van der Waals surface area contributed by atoms with E-state index < -0.39 is 0 Å². The average molecular weight is 1270 g/mol. The van der Waals surface area contributed by atoms with E-state index in [1.807, 2.05) is 0 Å². The number of fused-ring (bicyclic) bond motifs is 12. The van der Waals surface area contributed by atoms with E-state index in [2.05, 4.69) is 362 Å². The molecule has 0 spiro atoms. The molecule has 3 aliphatic heterocycles. The van der Waals surface area contributed by atoms with Gasteiger partial charge in [0.2, 0.25) is 0 Å². The molecule has 8 heteroatoms. The topological polar surface area (TPSA) is 27.8 Å². The molecular weight excluding hydrogens is 1210 g/mol. The van der Waals surface area contributed by atoms with Gasteiger partial charge in [-0.15, -0.1) is 0 Å². The average Bonchev–Trinajstić information content (AvgIpc) is 0.731. The number of nitrogens with zero attached hydrogens (tertiary/aromatic N) is 4. The van der Waals surface area contributed by atoms with Gasteiger partial charge in [0.15, 0.2) is 0 Å². The van der Waals surface area contributed by atoms with Crippen LogP contribution in [0, 0.1) is 0 Å². The summed E-state index contributed by atoms with van der Waals surface area (Å²) in [5, 5.41) is 4.69. The number of para-hydroxylation sites is 7. The molecule has 447 valence electrons. The molecule has 0 N–H and O–H groups in total. The van der Waals surface area contributed by atoms with Crippen molar-refractivity contribution in [2.75, 3.05) is 14.7 Å². The molecule has 1 radical (unpaired) electrons. The van der Waals surface area contributed by atoms with Gasteiger partial charge in [-0.2, -0.15) is 0 Å². The number of furan rings is 1. The van der Waals surface area contributed by atoms with Gasteiger partial charge in [0.05, 0.1) is 0 Å². The van der Waals surface area contributed by atoms with E-state index in [0.29, 0.717) is 0 Å². The van der Waals surface area contributed by atoms with Gasteiger partial charge in [-0.3, -0.25) is 0 Å². The standard InChI is InChI=1S/C86H65B2N4OSe/c1-85(2,3)56-44-46-67-75(48-56)91(74-42-25-37-65-64-34-18-23-43-80(64)93-84(65)74)73-41-22-19-38-66(73)87(67)70-52-69-77(53-81(70)94)92(83-60(54-26-10-7-11-27-54)35-24-36-61(83)55-28-12-8-13-29-55)79-50-57(86(4,5)6)49-78-82(79)88(69)68-47-45-59(51-76(68)89(78)58-30-14-9-15-31-58)90-71-39-20-16-32-62(71)63-33-17-21-40-72(63)90/h7-53H,1-6H3. The molecule has 0 atom stereocenters. The summed E-state index contributed by atoms with van der Waals surface area (Å²) in [5.41, 5.74) is 29.6. The zero-order valence-electron chi connectivity index (χ0n) is 53.4. The predicted octanol–water partition coefficient (Wildman–Crippen LogP) is 17.8. The van der Waals surface area contributed by atoms with Crippen LogP contribution < -0.4 is 51.9 Å². The van der Waals surface area contributed by atoms with Gasteiger partial charge in [0.1, 0.15) is 0 Å². The third-order valence-corrected chi connectivity index (χ3v) is 20.9. The maximum atomic E-state index is 6.95. The number of rotatable bonds is 7. The molecule has 3 aliphatic rings. The van der Waals surface area contributed by atoms with Crippen LogP contribution in [0.3, 0.4) is 0 Å². The minimum absolute atomic E-state index is 0.131. The van der Waals surface area contributed by atoms with E-state index in [1.54, 1.807) is 0 Å². The van der Waals surface area contributed by atoms with Crippen molar-refractivity contribution in [3.8, 4) is 27.9 Å².